The number of carbonyl (C=O) groups excluding carboxylic acids is 2. The average molecular weight is 208 g/mol. The molecule has 0 aliphatic heterocycles. The van der Waals surface area contributed by atoms with Crippen LogP contribution in [0.15, 0.2) is 40.6 Å². The van der Waals surface area contributed by atoms with Crippen molar-refractivity contribution in [1.82, 2.24) is 0 Å². The van der Waals surface area contributed by atoms with E-state index in [2.05, 4.69) is 15.0 Å². The molecule has 1 aromatic carbocycles. The van der Waals surface area contributed by atoms with Crippen LogP contribution in [0.5, 0.6) is 5.75 Å². The molecule has 6 heteroatoms. The Morgan fingerprint density at radius 3 is 2.27 bits per heavy atom. The molecule has 0 aliphatic carbocycles. The van der Waals surface area contributed by atoms with Gasteiger partial charge in [-0.1, -0.05) is 28.4 Å². The summed E-state index contributed by atoms with van der Waals surface area (Å²) in [4.78, 5) is 21.4. The average Bonchev–Trinajstić information content (AvgIpc) is 2.27. The van der Waals surface area contributed by atoms with Gasteiger partial charge in [0.25, 0.3) is 0 Å². The summed E-state index contributed by atoms with van der Waals surface area (Å²) in [6.45, 7) is 0. The summed E-state index contributed by atoms with van der Waals surface area (Å²) in [5, 5.41) is 5.91. The van der Waals surface area contributed by atoms with Gasteiger partial charge < -0.3 is 9.47 Å². The van der Waals surface area contributed by atoms with E-state index in [-0.39, 0.29) is 0 Å². The van der Waals surface area contributed by atoms with Crippen molar-refractivity contribution in [2.75, 3.05) is 7.11 Å². The van der Waals surface area contributed by atoms with Crippen molar-refractivity contribution in [2.45, 2.75) is 0 Å². The molecule has 0 radical (unpaired) electrons. The Labute approximate surface area is 85.5 Å². The Hall–Kier alpha value is -2.24. The van der Waals surface area contributed by atoms with Gasteiger partial charge in [0, 0.05) is 0 Å². The number of benzene rings is 1. The van der Waals surface area contributed by atoms with Crippen LogP contribution in [0, 0.1) is 0 Å². The number of azo groups is 1. The fraction of sp³-hybridized carbons (Fsp3) is 0.111. The summed E-state index contributed by atoms with van der Waals surface area (Å²) in [5.74, 6) is 0.325. The minimum Gasteiger partial charge on any atom is -0.450 e. The van der Waals surface area contributed by atoms with Gasteiger partial charge in [-0.2, -0.15) is 0 Å². The molecule has 0 aromatic heterocycles. The Morgan fingerprint density at radius 1 is 1.07 bits per heavy atom. The van der Waals surface area contributed by atoms with Crippen LogP contribution in [0.1, 0.15) is 0 Å². The van der Waals surface area contributed by atoms with Crippen molar-refractivity contribution in [2.24, 2.45) is 10.2 Å². The molecule has 2 amide bonds. The van der Waals surface area contributed by atoms with Crippen molar-refractivity contribution >= 4 is 12.2 Å². The molecule has 0 spiro atoms. The highest BCUT2D eigenvalue weighted by Gasteiger charge is 2.03. The minimum atomic E-state index is -0.980. The van der Waals surface area contributed by atoms with E-state index >= 15 is 0 Å². The maximum Gasteiger partial charge on any atom is 0.458 e. The van der Waals surface area contributed by atoms with Gasteiger partial charge in [-0.25, -0.2) is 9.59 Å². The Kier molecular flexibility index (Phi) is 3.96. The van der Waals surface area contributed by atoms with E-state index in [0.29, 0.717) is 5.75 Å². The number of methoxy groups -OCH3 is 1. The van der Waals surface area contributed by atoms with Gasteiger partial charge in [-0.3, -0.25) is 0 Å². The number of hydrogen-bond donors (Lipinski definition) is 0. The maximum atomic E-state index is 10.9. The molecule has 0 heterocycles. The predicted octanol–water partition coefficient (Wildman–Crippen LogP) is 2.40. The van der Waals surface area contributed by atoms with Gasteiger partial charge >= 0.3 is 12.2 Å². The summed E-state index contributed by atoms with van der Waals surface area (Å²) in [6, 6.07) is 8.31. The zero-order chi connectivity index (χ0) is 11.1. The first-order valence-corrected chi connectivity index (χ1v) is 3.99. The molecule has 0 atom stereocenters. The number of rotatable bonds is 1. The molecule has 6 nitrogen and oxygen atoms in total. The number of para-hydroxylation sites is 1. The van der Waals surface area contributed by atoms with Crippen molar-refractivity contribution in [1.29, 1.82) is 0 Å². The summed E-state index contributed by atoms with van der Waals surface area (Å²) in [7, 11) is 1.13. The molecule has 0 saturated heterocycles. The molecule has 0 saturated carbocycles. The fourth-order valence-corrected chi connectivity index (χ4v) is 0.732. The second-order valence-electron chi connectivity index (χ2n) is 2.35. The molecule has 1 rings (SSSR count). The third kappa shape index (κ3) is 3.99. The molecular weight excluding hydrogens is 200 g/mol. The molecule has 0 fully saturated rings. The fourth-order valence-electron chi connectivity index (χ4n) is 0.732. The highest BCUT2D eigenvalue weighted by atomic mass is 16.6. The van der Waals surface area contributed by atoms with Crippen molar-refractivity contribution in [3.8, 4) is 5.75 Å². The number of nitrogens with zero attached hydrogens (tertiary/aromatic N) is 2. The Bertz CT molecular complexity index is 375. The molecule has 0 bridgehead atoms. The smallest absolute Gasteiger partial charge is 0.450 e. The highest BCUT2D eigenvalue weighted by molar-refractivity contribution is 5.74. The first-order valence-electron chi connectivity index (χ1n) is 3.99. The first-order chi connectivity index (χ1) is 7.22. The van der Waals surface area contributed by atoms with Crippen molar-refractivity contribution in [3.05, 3.63) is 30.3 Å². The zero-order valence-electron chi connectivity index (χ0n) is 7.91. The van der Waals surface area contributed by atoms with Crippen LogP contribution in [0.3, 0.4) is 0 Å². The van der Waals surface area contributed by atoms with E-state index in [9.17, 15) is 9.59 Å². The lowest BCUT2D eigenvalue weighted by Gasteiger charge is -1.97. The second-order valence-corrected chi connectivity index (χ2v) is 2.35. The number of carbonyl (C=O) groups is 2. The van der Waals surface area contributed by atoms with Gasteiger partial charge in [0.2, 0.25) is 0 Å². The van der Waals surface area contributed by atoms with E-state index < -0.39 is 12.2 Å². The van der Waals surface area contributed by atoms with E-state index in [4.69, 9.17) is 4.74 Å². The SMILES string of the molecule is COC(=O)/N=N/C(=O)Oc1ccccc1. The van der Waals surface area contributed by atoms with Crippen LogP contribution >= 0.6 is 0 Å². The molecule has 1 aromatic rings. The molecular formula is C9H8N2O4. The summed E-state index contributed by atoms with van der Waals surface area (Å²) < 4.78 is 8.85. The molecule has 78 valence electrons. The predicted molar refractivity (Wildman–Crippen MR) is 49.7 cm³/mol. The minimum absolute atomic E-state index is 0.325. The third-order valence-corrected chi connectivity index (χ3v) is 1.34. The van der Waals surface area contributed by atoms with Gasteiger partial charge in [-0.15, -0.1) is 0 Å². The van der Waals surface area contributed by atoms with E-state index in [1.807, 2.05) is 0 Å². The Morgan fingerprint density at radius 2 is 1.67 bits per heavy atom. The van der Waals surface area contributed by atoms with Crippen LogP contribution in [0.25, 0.3) is 0 Å². The molecule has 0 unspecified atom stereocenters. The van der Waals surface area contributed by atoms with E-state index in [0.717, 1.165) is 7.11 Å². The van der Waals surface area contributed by atoms with Gasteiger partial charge in [0.15, 0.2) is 0 Å². The van der Waals surface area contributed by atoms with Gasteiger partial charge in [0.05, 0.1) is 7.11 Å². The largest absolute Gasteiger partial charge is 0.458 e. The van der Waals surface area contributed by atoms with Crippen LogP contribution in [0.2, 0.25) is 0 Å². The third-order valence-electron chi connectivity index (χ3n) is 1.34. The standard InChI is InChI=1S/C9H8N2O4/c1-14-8(12)10-11-9(13)15-7-5-3-2-4-6-7/h2-6H,1H3/b11-10+. The van der Waals surface area contributed by atoms with E-state index in [1.54, 1.807) is 30.3 Å². The lowest BCUT2D eigenvalue weighted by Crippen LogP contribution is -2.02. The lowest BCUT2D eigenvalue weighted by molar-refractivity contribution is 0.178. The summed E-state index contributed by atoms with van der Waals surface area (Å²) in [6.07, 6.45) is -1.94. The van der Waals surface area contributed by atoms with Gasteiger partial charge in [0.1, 0.15) is 5.75 Å². The van der Waals surface area contributed by atoms with Crippen LogP contribution in [-0.2, 0) is 4.74 Å². The quantitative estimate of drug-likeness (QED) is 0.664. The van der Waals surface area contributed by atoms with Crippen LogP contribution in [0.4, 0.5) is 9.59 Å². The lowest BCUT2D eigenvalue weighted by atomic mass is 10.3. The monoisotopic (exact) mass is 208 g/mol. The van der Waals surface area contributed by atoms with Gasteiger partial charge in [-0.05, 0) is 12.1 Å². The highest BCUT2D eigenvalue weighted by Crippen LogP contribution is 2.08. The molecule has 0 N–H and O–H groups in total. The Balaban J connectivity index is 2.50. The summed E-state index contributed by atoms with van der Waals surface area (Å²) >= 11 is 0. The van der Waals surface area contributed by atoms with Crippen molar-refractivity contribution < 1.29 is 19.1 Å². The topological polar surface area (TPSA) is 77.3 Å². The zero-order valence-corrected chi connectivity index (χ0v) is 7.91. The second kappa shape index (κ2) is 5.48. The molecule has 15 heavy (non-hydrogen) atoms. The normalized spacial score (nSPS) is 9.93. The molecule has 0 aliphatic rings. The van der Waals surface area contributed by atoms with Crippen LogP contribution in [-0.4, -0.2) is 19.3 Å². The number of hydrogen-bond acceptors (Lipinski definition) is 4. The summed E-state index contributed by atoms with van der Waals surface area (Å²) in [5.41, 5.74) is 0. The number of amides is 2. The van der Waals surface area contributed by atoms with E-state index in [1.165, 1.54) is 0 Å². The number of ether oxygens (including phenoxy) is 2. The maximum absolute atomic E-state index is 10.9. The first kappa shape index (κ1) is 10.8. The van der Waals surface area contributed by atoms with Crippen molar-refractivity contribution in [3.63, 3.8) is 0 Å². The van der Waals surface area contributed by atoms with Crippen LogP contribution < -0.4 is 4.74 Å².